The van der Waals surface area contributed by atoms with Gasteiger partial charge in [0.2, 0.25) is 11.6 Å². The number of benzene rings is 1. The van der Waals surface area contributed by atoms with E-state index >= 15 is 0 Å². The van der Waals surface area contributed by atoms with E-state index in [0.717, 1.165) is 9.13 Å². The molecule has 1 aliphatic rings. The molecule has 0 saturated carbocycles. The highest BCUT2D eigenvalue weighted by Gasteiger charge is 2.42. The van der Waals surface area contributed by atoms with Gasteiger partial charge in [-0.3, -0.25) is 28.4 Å². The van der Waals surface area contributed by atoms with Crippen LogP contribution in [0.2, 0.25) is 0 Å². The molecule has 1 N–H and O–H groups in total. The molecule has 0 bridgehead atoms. The van der Waals surface area contributed by atoms with Crippen LogP contribution in [-0.4, -0.2) is 37.0 Å². The number of fused-ring (bicyclic) bond motifs is 1. The highest BCUT2D eigenvalue weighted by molar-refractivity contribution is 14.1. The fourth-order valence-corrected chi connectivity index (χ4v) is 4.08. The number of carbonyl (C=O) groups is 2. The maximum absolute atomic E-state index is 13.1. The molecule has 0 fully saturated rings. The Morgan fingerprint density at radius 1 is 0.967 bits per heavy atom. The summed E-state index contributed by atoms with van der Waals surface area (Å²) in [4.78, 5) is 51.4. The summed E-state index contributed by atoms with van der Waals surface area (Å²) >= 11 is 1.98. The Labute approximate surface area is 185 Å². The average molecular weight is 525 g/mol. The molecule has 0 radical (unpaired) electrons. The van der Waals surface area contributed by atoms with E-state index in [0.29, 0.717) is 16.4 Å². The second-order valence-corrected chi connectivity index (χ2v) is 8.01. The van der Waals surface area contributed by atoms with Crippen LogP contribution in [0.4, 0.5) is 11.4 Å². The monoisotopic (exact) mass is 525 g/mol. The zero-order valence-electron chi connectivity index (χ0n) is 16.8. The van der Waals surface area contributed by atoms with Gasteiger partial charge in [-0.25, -0.2) is 4.79 Å². The van der Waals surface area contributed by atoms with Crippen LogP contribution in [0.5, 0.6) is 5.88 Å². The number of carbonyl (C=O) groups excluding carboxylic acids is 2. The summed E-state index contributed by atoms with van der Waals surface area (Å²) in [6, 6.07) is 2.92. The van der Waals surface area contributed by atoms with Gasteiger partial charge >= 0.3 is 5.69 Å². The molecule has 3 rings (SSSR count). The number of azo groups is 1. The van der Waals surface area contributed by atoms with Crippen molar-refractivity contribution in [2.24, 2.45) is 24.3 Å². The number of hydrogen-bond acceptors (Lipinski definition) is 7. The first-order valence-corrected chi connectivity index (χ1v) is 10.3. The van der Waals surface area contributed by atoms with Crippen LogP contribution in [0.15, 0.2) is 32.0 Å². The maximum Gasteiger partial charge on any atom is 0.333 e. The minimum atomic E-state index is -0.831. The van der Waals surface area contributed by atoms with Gasteiger partial charge in [0.05, 0.1) is 16.8 Å². The van der Waals surface area contributed by atoms with Crippen molar-refractivity contribution < 1.29 is 14.7 Å². The lowest BCUT2D eigenvalue weighted by Gasteiger charge is -2.23. The Morgan fingerprint density at radius 3 is 2.17 bits per heavy atom. The molecule has 11 heteroatoms. The van der Waals surface area contributed by atoms with Gasteiger partial charge in [-0.05, 0) is 47.6 Å². The molecule has 1 aromatic heterocycles. The Kier molecular flexibility index (Phi) is 5.92. The number of aromatic hydroxyl groups is 1. The maximum atomic E-state index is 13.1. The van der Waals surface area contributed by atoms with Gasteiger partial charge in [-0.2, -0.15) is 0 Å². The van der Waals surface area contributed by atoms with Crippen LogP contribution in [0.1, 0.15) is 47.4 Å². The summed E-state index contributed by atoms with van der Waals surface area (Å²) in [6.45, 7) is 3.81. The van der Waals surface area contributed by atoms with Crippen molar-refractivity contribution in [2.45, 2.75) is 32.7 Å². The summed E-state index contributed by atoms with van der Waals surface area (Å²) in [6.07, 6.45) is 1.24. The van der Waals surface area contributed by atoms with Crippen LogP contribution >= 0.6 is 22.6 Å². The third kappa shape index (κ3) is 3.26. The first kappa shape index (κ1) is 21.9. The SMILES string of the molecule is CCC(CC)N1C(=O)c2c(I)ccc(N=Nc3c(O)n(C)c(=O)n(C)c3=O)c2C1=O. The Balaban J connectivity index is 2.16. The average Bonchev–Trinajstić information content (AvgIpc) is 2.99. The van der Waals surface area contributed by atoms with E-state index in [2.05, 4.69) is 10.2 Å². The molecule has 2 aromatic rings. The molecule has 10 nitrogen and oxygen atoms in total. The lowest BCUT2D eigenvalue weighted by atomic mass is 10.1. The number of hydrogen-bond donors (Lipinski definition) is 1. The van der Waals surface area contributed by atoms with Crippen molar-refractivity contribution in [2.75, 3.05) is 0 Å². The highest BCUT2D eigenvalue weighted by Crippen LogP contribution is 2.37. The predicted octanol–water partition coefficient (Wildman–Crippen LogP) is 2.59. The van der Waals surface area contributed by atoms with E-state index in [4.69, 9.17) is 0 Å². The lowest BCUT2D eigenvalue weighted by molar-refractivity contribution is 0.0575. The van der Waals surface area contributed by atoms with Crippen LogP contribution in [0.3, 0.4) is 0 Å². The Bertz CT molecular complexity index is 1210. The van der Waals surface area contributed by atoms with E-state index in [1.54, 1.807) is 6.07 Å². The van der Waals surface area contributed by atoms with Crippen molar-refractivity contribution in [3.05, 3.63) is 47.7 Å². The standard InChI is InChI=1S/C19H20IN5O5/c1-5-9(6-2)25-15(26)12-10(20)7-8-11(13(12)16(25)27)21-22-14-17(28)23(3)19(30)24(4)18(14)29/h7-9,28H,5-6H2,1-4H3. The fraction of sp³-hybridized carbons (Fsp3) is 0.368. The topological polar surface area (TPSA) is 126 Å². The van der Waals surface area contributed by atoms with Crippen molar-refractivity contribution in [1.82, 2.24) is 14.0 Å². The zero-order chi connectivity index (χ0) is 22.3. The third-order valence-corrected chi connectivity index (χ3v) is 6.07. The number of rotatable bonds is 5. The van der Waals surface area contributed by atoms with Gasteiger partial charge in [0, 0.05) is 23.7 Å². The summed E-state index contributed by atoms with van der Waals surface area (Å²) in [5, 5.41) is 17.9. The van der Waals surface area contributed by atoms with Crippen LogP contribution in [0.25, 0.3) is 0 Å². The molecule has 2 heterocycles. The molecular weight excluding hydrogens is 505 g/mol. The number of imide groups is 1. The first-order chi connectivity index (χ1) is 14.1. The molecular formula is C19H20IN5O5. The molecule has 2 amide bonds. The molecule has 0 spiro atoms. The molecule has 0 aliphatic carbocycles. The molecule has 158 valence electrons. The lowest BCUT2D eigenvalue weighted by Crippen LogP contribution is -2.39. The number of halogens is 1. The van der Waals surface area contributed by atoms with E-state index in [9.17, 15) is 24.3 Å². The van der Waals surface area contributed by atoms with Crippen LogP contribution in [0, 0.1) is 3.57 Å². The van der Waals surface area contributed by atoms with Gasteiger partial charge in [-0.15, -0.1) is 10.2 Å². The third-order valence-electron chi connectivity index (χ3n) is 5.17. The normalized spacial score (nSPS) is 13.7. The van der Waals surface area contributed by atoms with Gasteiger partial charge < -0.3 is 5.11 Å². The summed E-state index contributed by atoms with van der Waals surface area (Å²) in [7, 11) is 2.54. The quantitative estimate of drug-likeness (QED) is 0.365. The number of amides is 2. The van der Waals surface area contributed by atoms with Crippen LogP contribution in [-0.2, 0) is 14.1 Å². The molecule has 1 aromatic carbocycles. The minimum absolute atomic E-state index is 0.104. The van der Waals surface area contributed by atoms with Gasteiger partial charge in [0.15, 0.2) is 0 Å². The molecule has 0 saturated heterocycles. The van der Waals surface area contributed by atoms with Crippen molar-refractivity contribution in [3.63, 3.8) is 0 Å². The molecule has 0 unspecified atom stereocenters. The van der Waals surface area contributed by atoms with Gasteiger partial charge in [0.1, 0.15) is 0 Å². The smallest absolute Gasteiger partial charge is 0.333 e. The number of aromatic nitrogens is 2. The largest absolute Gasteiger partial charge is 0.493 e. The van der Waals surface area contributed by atoms with E-state index in [1.807, 2.05) is 36.4 Å². The van der Waals surface area contributed by atoms with Crippen molar-refractivity contribution >= 4 is 45.8 Å². The fourth-order valence-electron chi connectivity index (χ4n) is 3.40. The second kappa shape index (κ2) is 8.13. The Morgan fingerprint density at radius 2 is 1.57 bits per heavy atom. The minimum Gasteiger partial charge on any atom is -0.493 e. The van der Waals surface area contributed by atoms with E-state index in [-0.39, 0.29) is 28.8 Å². The predicted molar refractivity (Wildman–Crippen MR) is 117 cm³/mol. The van der Waals surface area contributed by atoms with Crippen molar-refractivity contribution in [3.8, 4) is 5.88 Å². The van der Waals surface area contributed by atoms with Gasteiger partial charge in [-0.1, -0.05) is 13.8 Å². The summed E-state index contributed by atoms with van der Waals surface area (Å²) in [5.74, 6) is -1.49. The van der Waals surface area contributed by atoms with Crippen LogP contribution < -0.4 is 11.2 Å². The second-order valence-electron chi connectivity index (χ2n) is 6.85. The first-order valence-electron chi connectivity index (χ1n) is 9.26. The molecule has 0 atom stereocenters. The van der Waals surface area contributed by atoms with E-state index < -0.39 is 28.7 Å². The molecule has 1 aliphatic heterocycles. The number of nitrogens with zero attached hydrogens (tertiary/aromatic N) is 5. The van der Waals surface area contributed by atoms with Gasteiger partial charge in [0.25, 0.3) is 17.4 Å². The Hall–Kier alpha value is -2.83. The molecule has 30 heavy (non-hydrogen) atoms. The zero-order valence-corrected chi connectivity index (χ0v) is 19.0. The van der Waals surface area contributed by atoms with Crippen molar-refractivity contribution in [1.29, 1.82) is 0 Å². The summed E-state index contributed by atoms with van der Waals surface area (Å²) in [5.41, 5.74) is -1.52. The highest BCUT2D eigenvalue weighted by atomic mass is 127. The van der Waals surface area contributed by atoms with E-state index in [1.165, 1.54) is 25.1 Å². The summed E-state index contributed by atoms with van der Waals surface area (Å²) < 4.78 is 2.25.